The Morgan fingerprint density at radius 3 is 2.73 bits per heavy atom. The maximum absolute atomic E-state index is 13.0. The molecule has 37 heavy (non-hydrogen) atoms. The van der Waals surface area contributed by atoms with E-state index in [0.717, 1.165) is 22.0 Å². The van der Waals surface area contributed by atoms with Gasteiger partial charge in [0.05, 0.1) is 0 Å². The second-order valence-electron chi connectivity index (χ2n) is 7.89. The van der Waals surface area contributed by atoms with Crippen LogP contribution in [0, 0.1) is 0 Å². The van der Waals surface area contributed by atoms with Crippen LogP contribution in [0.5, 0.6) is 0 Å². The lowest BCUT2D eigenvalue weighted by Gasteiger charge is -2.49. The van der Waals surface area contributed by atoms with Gasteiger partial charge in [0.1, 0.15) is 28.6 Å². The van der Waals surface area contributed by atoms with E-state index < -0.39 is 34.9 Å². The van der Waals surface area contributed by atoms with E-state index in [4.69, 9.17) is 11.5 Å². The predicted molar refractivity (Wildman–Crippen MR) is 144 cm³/mol. The summed E-state index contributed by atoms with van der Waals surface area (Å²) in [5, 5.41) is 24.3. The molecule has 1 aromatic heterocycles. The monoisotopic (exact) mass is 560 g/mol. The molecule has 1 saturated heterocycles. The molecule has 7 N–H and O–H groups in total. The quantitative estimate of drug-likeness (QED) is 0.0933. The van der Waals surface area contributed by atoms with Crippen molar-refractivity contribution in [3.63, 3.8) is 0 Å². The van der Waals surface area contributed by atoms with E-state index in [1.165, 1.54) is 40.6 Å². The summed E-state index contributed by atoms with van der Waals surface area (Å²) in [5.41, 5.74) is 11.8. The molecule has 4 rings (SSSR count). The fraction of sp³-hybridized carbons (Fsp3) is 0.261. The van der Waals surface area contributed by atoms with Crippen LogP contribution in [0.4, 0.5) is 5.82 Å². The molecule has 0 radical (unpaired) electrons. The minimum Gasteiger partial charge on any atom is -0.477 e. The number of hydrogen-bond acceptors (Lipinski definition) is 11. The van der Waals surface area contributed by atoms with Gasteiger partial charge < -0.3 is 27.1 Å². The Labute approximate surface area is 225 Å². The van der Waals surface area contributed by atoms with Crippen molar-refractivity contribution in [3.05, 3.63) is 64.3 Å². The third-order valence-corrected chi connectivity index (χ3v) is 9.18. The van der Waals surface area contributed by atoms with E-state index in [0.29, 0.717) is 17.2 Å². The number of β-lactam (4-membered cyclic amide) rings is 1. The Morgan fingerprint density at radius 2 is 2.03 bits per heavy atom. The number of aromatic nitrogens is 1. The lowest BCUT2D eigenvalue weighted by molar-refractivity contribution is -0.150. The molecule has 1 fully saturated rings. The second-order valence-corrected chi connectivity index (χ2v) is 11.2. The predicted octanol–water partition coefficient (Wildman–Crippen LogP) is 1.52. The van der Waals surface area contributed by atoms with Gasteiger partial charge in [-0.1, -0.05) is 41.2 Å². The zero-order valence-electron chi connectivity index (χ0n) is 19.4. The zero-order valence-corrected chi connectivity index (χ0v) is 21.8. The number of pyridine rings is 1. The molecule has 0 spiro atoms. The Kier molecular flexibility index (Phi) is 8.63. The maximum atomic E-state index is 13.0. The number of amides is 2. The molecule has 14 heteroatoms. The molecule has 1 aromatic carbocycles. The van der Waals surface area contributed by atoms with Gasteiger partial charge in [-0.05, 0) is 23.8 Å². The fourth-order valence-corrected chi connectivity index (χ4v) is 7.27. The van der Waals surface area contributed by atoms with Crippen LogP contribution in [0.2, 0.25) is 0 Å². The first-order valence-electron chi connectivity index (χ1n) is 11.1. The molecule has 11 nitrogen and oxygen atoms in total. The van der Waals surface area contributed by atoms with Crippen molar-refractivity contribution >= 4 is 64.6 Å². The first-order chi connectivity index (χ1) is 17.8. The van der Waals surface area contributed by atoms with Gasteiger partial charge in [-0.15, -0.1) is 11.8 Å². The van der Waals surface area contributed by atoms with Crippen molar-refractivity contribution in [1.82, 2.24) is 15.2 Å². The number of oxime groups is 1. The smallest absolute Gasteiger partial charge is 0.353 e. The molecule has 2 amide bonds. The highest BCUT2D eigenvalue weighted by Crippen LogP contribution is 2.45. The van der Waals surface area contributed by atoms with E-state index in [9.17, 15) is 24.7 Å². The summed E-state index contributed by atoms with van der Waals surface area (Å²) in [5.74, 6) is -0.599. The van der Waals surface area contributed by atoms with Crippen molar-refractivity contribution < 1.29 is 24.7 Å². The number of carbonyl (C=O) groups is 3. The van der Waals surface area contributed by atoms with Gasteiger partial charge in [0.25, 0.3) is 11.8 Å². The number of carboxylic acid groups (broad SMARTS) is 1. The molecule has 0 saturated carbocycles. The summed E-state index contributed by atoms with van der Waals surface area (Å²) < 4.78 is 0. The number of nitrogens with two attached hydrogens (primary N) is 2. The van der Waals surface area contributed by atoms with E-state index in [1.54, 1.807) is 17.8 Å². The second kappa shape index (κ2) is 11.9. The normalized spacial score (nSPS) is 19.3. The minimum atomic E-state index is -1.22. The molecule has 3 heterocycles. The standard InChI is InChI=1S/C23H24N6O5S3/c24-8-9-35-10-12-4-1-2-6-14(12)37-15-11-36-22-18(21(31)29(22)19(15)23(32)33)27-20(30)17(28-34)13-5-3-7-16(25)26-13/h1-7,18,22,34H,8-11,24H2,(H2,25,26)(H,27,30)(H,32,33)/b28-17-/t18-,22+/m1/s1. The highest BCUT2D eigenvalue weighted by molar-refractivity contribution is 8.06. The molecule has 2 atom stereocenters. The molecular weight excluding hydrogens is 536 g/mol. The lowest BCUT2D eigenvalue weighted by atomic mass is 10.0. The number of rotatable bonds is 10. The van der Waals surface area contributed by atoms with Crippen LogP contribution in [0.1, 0.15) is 11.3 Å². The van der Waals surface area contributed by atoms with Crippen LogP contribution in [-0.2, 0) is 20.1 Å². The van der Waals surface area contributed by atoms with Gasteiger partial charge in [0.2, 0.25) is 0 Å². The van der Waals surface area contributed by atoms with E-state index in [1.807, 2.05) is 24.3 Å². The Balaban J connectivity index is 1.52. The number of carboxylic acids is 1. The lowest BCUT2D eigenvalue weighted by Crippen LogP contribution is -2.71. The SMILES string of the molecule is NCCSCc1ccccc1SC1=C(C(=O)O)N2C(=O)[C@@H](NC(=O)/C(=N\O)c3cccc(N)n3)[C@@H]2SC1. The Hall–Kier alpha value is -3.20. The average molecular weight is 561 g/mol. The summed E-state index contributed by atoms with van der Waals surface area (Å²) in [6.07, 6.45) is 0. The number of aliphatic carboxylic acids is 1. The summed E-state index contributed by atoms with van der Waals surface area (Å²) >= 11 is 4.37. The third kappa shape index (κ3) is 5.71. The molecule has 2 aromatic rings. The first-order valence-corrected chi connectivity index (χ1v) is 14.1. The van der Waals surface area contributed by atoms with Crippen molar-refractivity contribution in [2.75, 3.05) is 23.8 Å². The fourth-order valence-electron chi connectivity index (χ4n) is 3.80. The van der Waals surface area contributed by atoms with E-state index in [-0.39, 0.29) is 17.2 Å². The number of hydrogen-bond donors (Lipinski definition) is 5. The zero-order chi connectivity index (χ0) is 26.5. The summed E-state index contributed by atoms with van der Waals surface area (Å²) in [6, 6.07) is 11.2. The van der Waals surface area contributed by atoms with Gasteiger partial charge in [0, 0.05) is 33.6 Å². The number of benzene rings is 1. The number of nitrogens with zero attached hydrogens (tertiary/aromatic N) is 3. The Morgan fingerprint density at radius 1 is 1.24 bits per heavy atom. The van der Waals surface area contributed by atoms with Crippen LogP contribution in [0.25, 0.3) is 0 Å². The molecule has 2 aliphatic rings. The molecular formula is C23H24N6O5S3. The molecule has 0 bridgehead atoms. The topological polar surface area (TPSA) is 184 Å². The highest BCUT2D eigenvalue weighted by Gasteiger charge is 2.54. The molecule has 194 valence electrons. The molecule has 0 unspecified atom stereocenters. The van der Waals surface area contributed by atoms with Crippen molar-refractivity contribution in [2.24, 2.45) is 10.9 Å². The van der Waals surface area contributed by atoms with Crippen molar-refractivity contribution in [1.29, 1.82) is 0 Å². The summed E-state index contributed by atoms with van der Waals surface area (Å²) in [6.45, 7) is 0.572. The number of nitrogen functional groups attached to an aromatic ring is 1. The Bertz CT molecular complexity index is 1290. The molecule has 2 aliphatic heterocycles. The van der Waals surface area contributed by atoms with Crippen LogP contribution in [0.15, 0.2) is 63.1 Å². The number of thioether (sulfide) groups is 3. The van der Waals surface area contributed by atoms with E-state index in [2.05, 4.69) is 15.5 Å². The van der Waals surface area contributed by atoms with E-state index >= 15 is 0 Å². The summed E-state index contributed by atoms with van der Waals surface area (Å²) in [4.78, 5) is 44.7. The van der Waals surface area contributed by atoms with Gasteiger partial charge in [-0.25, -0.2) is 9.78 Å². The number of fused-ring (bicyclic) bond motifs is 1. The summed E-state index contributed by atoms with van der Waals surface area (Å²) in [7, 11) is 0. The van der Waals surface area contributed by atoms with Crippen molar-refractivity contribution in [3.8, 4) is 0 Å². The van der Waals surface area contributed by atoms with Gasteiger partial charge in [-0.3, -0.25) is 14.5 Å². The number of anilines is 1. The van der Waals surface area contributed by atoms with Gasteiger partial charge in [-0.2, -0.15) is 11.8 Å². The van der Waals surface area contributed by atoms with Gasteiger partial charge in [0.15, 0.2) is 5.71 Å². The minimum absolute atomic E-state index is 0.0352. The highest BCUT2D eigenvalue weighted by atomic mass is 32.2. The van der Waals surface area contributed by atoms with Crippen LogP contribution in [0.3, 0.4) is 0 Å². The van der Waals surface area contributed by atoms with Crippen LogP contribution < -0.4 is 16.8 Å². The van der Waals surface area contributed by atoms with Crippen LogP contribution in [-0.4, -0.2) is 73.2 Å². The van der Waals surface area contributed by atoms with Crippen molar-refractivity contribution in [2.45, 2.75) is 22.1 Å². The number of nitrogens with one attached hydrogen (secondary N) is 1. The maximum Gasteiger partial charge on any atom is 0.353 e. The first kappa shape index (κ1) is 26.9. The molecule has 0 aliphatic carbocycles. The third-order valence-electron chi connectivity index (χ3n) is 5.48. The van der Waals surface area contributed by atoms with Crippen LogP contribution >= 0.6 is 35.3 Å². The largest absolute Gasteiger partial charge is 0.477 e. The van der Waals surface area contributed by atoms with Gasteiger partial charge >= 0.3 is 5.97 Å². The number of carbonyl (C=O) groups excluding carboxylic acids is 2. The average Bonchev–Trinajstić information content (AvgIpc) is 2.88.